The van der Waals surface area contributed by atoms with E-state index in [-0.39, 0.29) is 11.3 Å². The van der Waals surface area contributed by atoms with E-state index < -0.39 is 12.3 Å². The summed E-state index contributed by atoms with van der Waals surface area (Å²) in [7, 11) is 1.30. The van der Waals surface area contributed by atoms with Crippen molar-refractivity contribution in [2.45, 2.75) is 6.36 Å². The minimum absolute atomic E-state index is 0.249. The summed E-state index contributed by atoms with van der Waals surface area (Å²) in [6.45, 7) is 0. The summed E-state index contributed by atoms with van der Waals surface area (Å²) in [6.07, 6.45) is -4.78. The Bertz CT molecular complexity index is 920. The van der Waals surface area contributed by atoms with Crippen LogP contribution in [-0.4, -0.2) is 24.4 Å². The highest BCUT2D eigenvalue weighted by atomic mass is 32.1. The molecule has 0 N–H and O–H groups in total. The lowest BCUT2D eigenvalue weighted by Gasteiger charge is -2.11. The number of ether oxygens (including phenoxy) is 2. The van der Waals surface area contributed by atoms with Gasteiger partial charge in [0.15, 0.2) is 0 Å². The number of esters is 1. The maximum Gasteiger partial charge on any atom is 0.573 e. The van der Waals surface area contributed by atoms with Gasteiger partial charge in [-0.2, -0.15) is 0 Å². The lowest BCUT2D eigenvalue weighted by Crippen LogP contribution is -2.17. The summed E-state index contributed by atoms with van der Waals surface area (Å²) < 4.78 is 46.4. The number of hydrogen-bond acceptors (Lipinski definition) is 5. The highest BCUT2D eigenvalue weighted by molar-refractivity contribution is 7.13. The van der Waals surface area contributed by atoms with Crippen LogP contribution in [0.5, 0.6) is 5.75 Å². The zero-order valence-corrected chi connectivity index (χ0v) is 14.2. The Labute approximate surface area is 150 Å². The second kappa shape index (κ2) is 7.17. The molecule has 3 aromatic rings. The van der Waals surface area contributed by atoms with Crippen molar-refractivity contribution in [2.75, 3.05) is 7.11 Å². The van der Waals surface area contributed by atoms with Gasteiger partial charge in [-0.25, -0.2) is 9.78 Å². The molecule has 0 atom stereocenters. The van der Waals surface area contributed by atoms with Gasteiger partial charge in [-0.1, -0.05) is 24.3 Å². The summed E-state index contributed by atoms with van der Waals surface area (Å²) in [6, 6.07) is 12.4. The molecule has 0 aliphatic heterocycles. The molecular weight excluding hydrogens is 367 g/mol. The minimum atomic E-state index is -4.78. The monoisotopic (exact) mass is 379 g/mol. The maximum absolute atomic E-state index is 12.6. The fourth-order valence-electron chi connectivity index (χ4n) is 2.29. The van der Waals surface area contributed by atoms with Crippen molar-refractivity contribution >= 4 is 17.3 Å². The summed E-state index contributed by atoms with van der Waals surface area (Å²) in [5, 5.41) is 2.26. The Hall–Kier alpha value is -2.87. The van der Waals surface area contributed by atoms with E-state index in [0.717, 1.165) is 5.56 Å². The van der Waals surface area contributed by atoms with Gasteiger partial charge in [0.2, 0.25) is 0 Å². The zero-order chi connectivity index (χ0) is 18.7. The predicted octanol–water partition coefficient (Wildman–Crippen LogP) is 5.16. The normalized spacial score (nSPS) is 11.2. The summed E-state index contributed by atoms with van der Waals surface area (Å²) >= 11 is 1.28. The average Bonchev–Trinajstić information content (AvgIpc) is 3.10. The van der Waals surface area contributed by atoms with E-state index in [9.17, 15) is 18.0 Å². The molecular formula is C18H12F3NO3S. The van der Waals surface area contributed by atoms with Crippen molar-refractivity contribution < 1.29 is 27.4 Å². The van der Waals surface area contributed by atoms with E-state index in [1.807, 2.05) is 0 Å². The third-order valence-electron chi connectivity index (χ3n) is 3.45. The van der Waals surface area contributed by atoms with Gasteiger partial charge in [0.1, 0.15) is 10.8 Å². The lowest BCUT2D eigenvalue weighted by atomic mass is 10.1. The van der Waals surface area contributed by atoms with Crippen LogP contribution >= 0.6 is 11.3 Å². The van der Waals surface area contributed by atoms with E-state index in [1.165, 1.54) is 36.6 Å². The lowest BCUT2D eigenvalue weighted by molar-refractivity contribution is -0.274. The van der Waals surface area contributed by atoms with Crippen molar-refractivity contribution in [1.82, 2.24) is 4.98 Å². The van der Waals surface area contributed by atoms with Crippen LogP contribution in [-0.2, 0) is 4.74 Å². The number of carbonyl (C=O) groups is 1. The number of methoxy groups -OCH3 is 1. The Balaban J connectivity index is 1.90. The third kappa shape index (κ3) is 4.02. The van der Waals surface area contributed by atoms with Crippen LogP contribution in [0.25, 0.3) is 21.8 Å². The molecule has 1 heterocycles. The van der Waals surface area contributed by atoms with Crippen molar-refractivity contribution in [3.63, 3.8) is 0 Å². The standard InChI is InChI=1S/C18H12F3NO3S/c1-24-17(23)12-8-6-11(7-9-12)16-22-14(10-26-16)13-4-2-3-5-15(13)25-18(19,20)21/h2-10H,1H3. The zero-order valence-electron chi connectivity index (χ0n) is 13.4. The number of thiazole rings is 1. The number of alkyl halides is 3. The minimum Gasteiger partial charge on any atom is -0.465 e. The SMILES string of the molecule is COC(=O)c1ccc(-c2nc(-c3ccccc3OC(F)(F)F)cs2)cc1. The molecule has 0 spiro atoms. The number of nitrogens with zero attached hydrogens (tertiary/aromatic N) is 1. The smallest absolute Gasteiger partial charge is 0.465 e. The number of halogens is 3. The maximum atomic E-state index is 12.6. The molecule has 1 aromatic heterocycles. The number of rotatable bonds is 4. The summed E-state index contributed by atoms with van der Waals surface area (Å²) in [4.78, 5) is 15.9. The molecule has 0 saturated heterocycles. The van der Waals surface area contributed by atoms with Gasteiger partial charge in [-0.15, -0.1) is 24.5 Å². The van der Waals surface area contributed by atoms with E-state index in [1.54, 1.807) is 35.7 Å². The van der Waals surface area contributed by atoms with Gasteiger partial charge in [0.25, 0.3) is 0 Å². The number of carbonyl (C=O) groups excluding carboxylic acids is 1. The van der Waals surface area contributed by atoms with Crippen LogP contribution < -0.4 is 4.74 Å². The molecule has 134 valence electrons. The summed E-state index contributed by atoms with van der Waals surface area (Å²) in [5.41, 5.74) is 1.76. The number of hydrogen-bond donors (Lipinski definition) is 0. The van der Waals surface area contributed by atoms with E-state index >= 15 is 0 Å². The number of para-hydroxylation sites is 1. The van der Waals surface area contributed by atoms with Gasteiger partial charge in [-0.3, -0.25) is 0 Å². The van der Waals surface area contributed by atoms with E-state index in [0.29, 0.717) is 16.3 Å². The second-order valence-electron chi connectivity index (χ2n) is 5.15. The first-order chi connectivity index (χ1) is 12.4. The molecule has 0 aliphatic carbocycles. The third-order valence-corrected chi connectivity index (χ3v) is 4.34. The second-order valence-corrected chi connectivity index (χ2v) is 6.01. The molecule has 0 bridgehead atoms. The van der Waals surface area contributed by atoms with Gasteiger partial charge in [-0.05, 0) is 24.3 Å². The first-order valence-corrected chi connectivity index (χ1v) is 8.25. The molecule has 0 unspecified atom stereocenters. The molecule has 8 heteroatoms. The predicted molar refractivity (Wildman–Crippen MR) is 91.0 cm³/mol. The fraction of sp³-hybridized carbons (Fsp3) is 0.111. The van der Waals surface area contributed by atoms with Gasteiger partial charge < -0.3 is 9.47 Å². The number of aromatic nitrogens is 1. The van der Waals surface area contributed by atoms with Crippen LogP contribution in [0.4, 0.5) is 13.2 Å². The summed E-state index contributed by atoms with van der Waals surface area (Å²) in [5.74, 6) is -0.757. The Morgan fingerprint density at radius 3 is 2.42 bits per heavy atom. The largest absolute Gasteiger partial charge is 0.573 e. The Morgan fingerprint density at radius 2 is 1.77 bits per heavy atom. The van der Waals surface area contributed by atoms with Crippen LogP contribution in [0.15, 0.2) is 53.9 Å². The first kappa shape index (κ1) is 17.9. The average molecular weight is 379 g/mol. The van der Waals surface area contributed by atoms with Gasteiger partial charge in [0.05, 0.1) is 18.4 Å². The van der Waals surface area contributed by atoms with Crippen LogP contribution in [0.1, 0.15) is 10.4 Å². The Kier molecular flexibility index (Phi) is 4.94. The van der Waals surface area contributed by atoms with E-state index in [2.05, 4.69) is 14.5 Å². The quantitative estimate of drug-likeness (QED) is 0.588. The van der Waals surface area contributed by atoms with Gasteiger partial charge in [0, 0.05) is 16.5 Å². The highest BCUT2D eigenvalue weighted by Gasteiger charge is 2.32. The van der Waals surface area contributed by atoms with Crippen molar-refractivity contribution in [2.24, 2.45) is 0 Å². The van der Waals surface area contributed by atoms with Crippen LogP contribution in [0.3, 0.4) is 0 Å². The van der Waals surface area contributed by atoms with Crippen LogP contribution in [0.2, 0.25) is 0 Å². The van der Waals surface area contributed by atoms with Crippen molar-refractivity contribution in [3.05, 3.63) is 59.5 Å². The Morgan fingerprint density at radius 1 is 1.08 bits per heavy atom. The van der Waals surface area contributed by atoms with Crippen molar-refractivity contribution in [1.29, 1.82) is 0 Å². The fourth-order valence-corrected chi connectivity index (χ4v) is 3.11. The molecule has 0 amide bonds. The molecule has 3 rings (SSSR count). The molecule has 0 saturated carbocycles. The molecule has 4 nitrogen and oxygen atoms in total. The molecule has 0 aliphatic rings. The molecule has 2 aromatic carbocycles. The number of benzene rings is 2. The highest BCUT2D eigenvalue weighted by Crippen LogP contribution is 2.36. The van der Waals surface area contributed by atoms with Crippen LogP contribution in [0, 0.1) is 0 Å². The van der Waals surface area contributed by atoms with Gasteiger partial charge >= 0.3 is 12.3 Å². The topological polar surface area (TPSA) is 48.4 Å². The molecule has 0 radical (unpaired) electrons. The molecule has 26 heavy (non-hydrogen) atoms. The van der Waals surface area contributed by atoms with E-state index in [4.69, 9.17) is 0 Å². The first-order valence-electron chi connectivity index (χ1n) is 7.37. The van der Waals surface area contributed by atoms with Crippen molar-refractivity contribution in [3.8, 4) is 27.6 Å². The molecule has 0 fully saturated rings.